The molecule has 2 N–H and O–H groups in total. The van der Waals surface area contributed by atoms with Crippen molar-refractivity contribution in [1.29, 1.82) is 0 Å². The van der Waals surface area contributed by atoms with E-state index in [-0.39, 0.29) is 29.9 Å². The molecule has 0 radical (unpaired) electrons. The summed E-state index contributed by atoms with van der Waals surface area (Å²) in [6, 6.07) is 8.87. The zero-order chi connectivity index (χ0) is 21.8. The first-order valence-corrected chi connectivity index (χ1v) is 11.7. The van der Waals surface area contributed by atoms with E-state index >= 15 is 0 Å². The summed E-state index contributed by atoms with van der Waals surface area (Å²) in [4.78, 5) is 21.0. The molecule has 1 aromatic carbocycles. The van der Waals surface area contributed by atoms with Gasteiger partial charge in [-0.25, -0.2) is 4.99 Å². The van der Waals surface area contributed by atoms with Crippen LogP contribution in [0.2, 0.25) is 0 Å². The lowest BCUT2D eigenvalue weighted by molar-refractivity contribution is -0.128. The number of hydrogen-bond donors (Lipinski definition) is 2. The van der Waals surface area contributed by atoms with Crippen molar-refractivity contribution in [3.63, 3.8) is 0 Å². The van der Waals surface area contributed by atoms with E-state index in [9.17, 15) is 4.79 Å². The molecular weight excluding hydrogens is 501 g/mol. The normalized spacial score (nSPS) is 15.2. The molecule has 0 spiro atoms. The molecule has 7 heteroatoms. The first kappa shape index (κ1) is 27.7. The lowest BCUT2D eigenvalue weighted by atomic mass is 10.1. The molecule has 0 bridgehead atoms. The lowest BCUT2D eigenvalue weighted by Gasteiger charge is -2.21. The molecule has 0 saturated carbocycles. The van der Waals surface area contributed by atoms with Crippen LogP contribution in [0.4, 0.5) is 0 Å². The van der Waals surface area contributed by atoms with Gasteiger partial charge in [0.05, 0.1) is 6.54 Å². The van der Waals surface area contributed by atoms with Gasteiger partial charge in [0.1, 0.15) is 0 Å². The molecule has 1 saturated heterocycles. The number of aliphatic imine (C=N–C) groups is 1. The quantitative estimate of drug-likeness (QED) is 0.238. The van der Waals surface area contributed by atoms with Crippen molar-refractivity contribution < 1.29 is 4.79 Å². The molecule has 1 heterocycles. The smallest absolute Gasteiger partial charge is 0.222 e. The van der Waals surface area contributed by atoms with Gasteiger partial charge in [0.2, 0.25) is 5.91 Å². The highest BCUT2D eigenvalue weighted by molar-refractivity contribution is 14.0. The zero-order valence-corrected chi connectivity index (χ0v) is 22.2. The van der Waals surface area contributed by atoms with Crippen LogP contribution < -0.4 is 10.6 Å². The summed E-state index contributed by atoms with van der Waals surface area (Å²) < 4.78 is 0. The first-order valence-electron chi connectivity index (χ1n) is 11.7. The average Bonchev–Trinajstić information content (AvgIpc) is 3.15. The fourth-order valence-electron chi connectivity index (χ4n) is 3.80. The molecule has 0 aliphatic carbocycles. The fourth-order valence-corrected chi connectivity index (χ4v) is 3.80. The number of benzene rings is 1. The number of carbonyl (C=O) groups is 1. The van der Waals surface area contributed by atoms with Crippen molar-refractivity contribution in [3.8, 4) is 0 Å². The number of guanidine groups is 1. The second-order valence-corrected chi connectivity index (χ2v) is 8.15. The number of amides is 1. The van der Waals surface area contributed by atoms with Gasteiger partial charge in [-0.2, -0.15) is 0 Å². The van der Waals surface area contributed by atoms with Crippen LogP contribution in [-0.4, -0.2) is 60.4 Å². The van der Waals surface area contributed by atoms with E-state index in [1.54, 1.807) is 0 Å². The molecule has 31 heavy (non-hydrogen) atoms. The first-order chi connectivity index (χ1) is 14.5. The van der Waals surface area contributed by atoms with Crippen molar-refractivity contribution in [2.24, 2.45) is 4.99 Å². The Morgan fingerprint density at radius 2 is 1.84 bits per heavy atom. The highest BCUT2D eigenvalue weighted by Gasteiger charge is 2.19. The Balaban J connectivity index is 0.00000480. The van der Waals surface area contributed by atoms with Crippen LogP contribution in [-0.2, 0) is 17.9 Å². The third-order valence-corrected chi connectivity index (χ3v) is 5.72. The minimum atomic E-state index is 0. The minimum Gasteiger partial charge on any atom is -0.357 e. The third kappa shape index (κ3) is 10.2. The average molecular weight is 544 g/mol. The number of nitrogens with one attached hydrogen (secondary N) is 2. The monoisotopic (exact) mass is 543 g/mol. The van der Waals surface area contributed by atoms with Crippen molar-refractivity contribution in [1.82, 2.24) is 20.4 Å². The number of likely N-dealkylation sites (tertiary alicyclic amines) is 1. The standard InChI is InChI=1S/C24H41N5O.HI/c1-5-25-24(27-20(4)10-8-16-28(6-2)7-3)26-18-21-12-14-22(15-13-21)19-29-17-9-11-23(29)30;/h12-15,20H,5-11,16-19H2,1-4H3,(H2,25,26,27);1H. The predicted molar refractivity (Wildman–Crippen MR) is 141 cm³/mol. The summed E-state index contributed by atoms with van der Waals surface area (Å²) in [5, 5.41) is 6.89. The molecule has 2 rings (SSSR count). The summed E-state index contributed by atoms with van der Waals surface area (Å²) in [5.41, 5.74) is 2.36. The summed E-state index contributed by atoms with van der Waals surface area (Å²) in [6.07, 6.45) is 4.00. The fraction of sp³-hybridized carbons (Fsp3) is 0.667. The molecule has 1 amide bonds. The van der Waals surface area contributed by atoms with E-state index < -0.39 is 0 Å². The molecule has 1 atom stereocenters. The Hall–Kier alpha value is -1.35. The van der Waals surface area contributed by atoms with Crippen LogP contribution in [0.15, 0.2) is 29.3 Å². The van der Waals surface area contributed by atoms with Crippen LogP contribution in [0.3, 0.4) is 0 Å². The van der Waals surface area contributed by atoms with Gasteiger partial charge in [0.25, 0.3) is 0 Å². The Bertz CT molecular complexity index is 660. The largest absolute Gasteiger partial charge is 0.357 e. The number of rotatable bonds is 12. The summed E-state index contributed by atoms with van der Waals surface area (Å²) >= 11 is 0. The lowest BCUT2D eigenvalue weighted by Crippen LogP contribution is -2.42. The maximum Gasteiger partial charge on any atom is 0.222 e. The number of hydrogen-bond acceptors (Lipinski definition) is 3. The Morgan fingerprint density at radius 1 is 1.16 bits per heavy atom. The van der Waals surface area contributed by atoms with Crippen molar-refractivity contribution in [2.45, 2.75) is 72.5 Å². The van der Waals surface area contributed by atoms with Gasteiger partial charge in [-0.3, -0.25) is 4.79 Å². The Morgan fingerprint density at radius 3 is 2.42 bits per heavy atom. The summed E-state index contributed by atoms with van der Waals surface area (Å²) in [6.45, 7) is 15.3. The summed E-state index contributed by atoms with van der Waals surface area (Å²) in [7, 11) is 0. The predicted octanol–water partition coefficient (Wildman–Crippen LogP) is 3.99. The number of nitrogens with zero attached hydrogens (tertiary/aromatic N) is 3. The van der Waals surface area contributed by atoms with E-state index in [2.05, 4.69) is 67.5 Å². The van der Waals surface area contributed by atoms with Crippen molar-refractivity contribution >= 4 is 35.8 Å². The van der Waals surface area contributed by atoms with Crippen LogP contribution >= 0.6 is 24.0 Å². The molecule has 1 aliphatic rings. The molecule has 1 aromatic rings. The third-order valence-electron chi connectivity index (χ3n) is 5.72. The molecular formula is C24H42IN5O. The highest BCUT2D eigenvalue weighted by atomic mass is 127. The SMILES string of the molecule is CCNC(=NCc1ccc(CN2CCCC2=O)cc1)NC(C)CCCN(CC)CC.I. The van der Waals surface area contributed by atoms with E-state index in [4.69, 9.17) is 4.99 Å². The van der Waals surface area contributed by atoms with E-state index in [1.165, 1.54) is 17.5 Å². The van der Waals surface area contributed by atoms with Gasteiger partial charge in [-0.15, -0.1) is 24.0 Å². The minimum absolute atomic E-state index is 0. The van der Waals surface area contributed by atoms with Crippen LogP contribution in [0.1, 0.15) is 64.5 Å². The molecule has 176 valence electrons. The van der Waals surface area contributed by atoms with E-state index in [0.29, 0.717) is 19.0 Å². The van der Waals surface area contributed by atoms with Crippen LogP contribution in [0.5, 0.6) is 0 Å². The maximum absolute atomic E-state index is 11.8. The molecule has 0 aromatic heterocycles. The van der Waals surface area contributed by atoms with Crippen LogP contribution in [0, 0.1) is 0 Å². The second-order valence-electron chi connectivity index (χ2n) is 8.15. The van der Waals surface area contributed by atoms with Gasteiger partial charge in [0, 0.05) is 32.1 Å². The van der Waals surface area contributed by atoms with Crippen molar-refractivity contribution in [3.05, 3.63) is 35.4 Å². The Labute approximate surface area is 206 Å². The second kappa shape index (κ2) is 15.5. The zero-order valence-electron chi connectivity index (χ0n) is 19.8. The van der Waals surface area contributed by atoms with Crippen molar-refractivity contribution in [2.75, 3.05) is 32.7 Å². The molecule has 6 nitrogen and oxygen atoms in total. The van der Waals surface area contributed by atoms with Gasteiger partial charge in [-0.1, -0.05) is 38.1 Å². The van der Waals surface area contributed by atoms with Gasteiger partial charge in [-0.05, 0) is 63.9 Å². The van der Waals surface area contributed by atoms with E-state index in [0.717, 1.165) is 58.1 Å². The highest BCUT2D eigenvalue weighted by Crippen LogP contribution is 2.15. The maximum atomic E-state index is 11.8. The van der Waals surface area contributed by atoms with E-state index in [1.807, 2.05) is 4.90 Å². The molecule has 1 aliphatic heterocycles. The van der Waals surface area contributed by atoms with Gasteiger partial charge < -0.3 is 20.4 Å². The van der Waals surface area contributed by atoms with Gasteiger partial charge in [0.15, 0.2) is 5.96 Å². The number of halogens is 1. The van der Waals surface area contributed by atoms with Gasteiger partial charge >= 0.3 is 0 Å². The molecule has 1 fully saturated rings. The van der Waals surface area contributed by atoms with Crippen LogP contribution in [0.25, 0.3) is 0 Å². The molecule has 1 unspecified atom stereocenters. The topological polar surface area (TPSA) is 60.0 Å². The Kier molecular flexibility index (Phi) is 13.8. The summed E-state index contributed by atoms with van der Waals surface area (Å²) in [5.74, 6) is 1.15. The number of carbonyl (C=O) groups excluding carboxylic acids is 1.